The van der Waals surface area contributed by atoms with Gasteiger partial charge in [0.05, 0.1) is 17.7 Å². The summed E-state index contributed by atoms with van der Waals surface area (Å²) in [5.41, 5.74) is 0.846. The molecule has 0 fully saturated rings. The SMILES string of the molecule is CC(C)OCCCN1C(=O)C(O)=C(C(=O)/C=C/c2ccccc2)[C@@H]1c1ccccc1F. The summed E-state index contributed by atoms with van der Waals surface area (Å²) in [6.07, 6.45) is 3.44. The third kappa shape index (κ3) is 5.27. The third-order valence-electron chi connectivity index (χ3n) is 4.99. The third-order valence-corrected chi connectivity index (χ3v) is 4.99. The van der Waals surface area contributed by atoms with Crippen LogP contribution < -0.4 is 0 Å². The monoisotopic (exact) mass is 423 g/mol. The summed E-state index contributed by atoms with van der Waals surface area (Å²) in [5, 5.41) is 10.5. The summed E-state index contributed by atoms with van der Waals surface area (Å²) in [6, 6.07) is 14.2. The molecule has 1 heterocycles. The first kappa shape index (κ1) is 22.4. The van der Waals surface area contributed by atoms with E-state index in [-0.39, 0.29) is 23.8 Å². The number of benzene rings is 2. The number of nitrogens with zero attached hydrogens (tertiary/aromatic N) is 1. The molecule has 2 aromatic carbocycles. The van der Waals surface area contributed by atoms with Crippen molar-refractivity contribution in [3.8, 4) is 0 Å². The van der Waals surface area contributed by atoms with Gasteiger partial charge in [-0.1, -0.05) is 54.6 Å². The molecule has 1 N–H and O–H groups in total. The van der Waals surface area contributed by atoms with Crippen molar-refractivity contribution in [2.45, 2.75) is 32.4 Å². The number of amides is 1. The number of ketones is 1. The first-order valence-electron chi connectivity index (χ1n) is 10.3. The Hall–Kier alpha value is -3.25. The molecule has 0 radical (unpaired) electrons. The Balaban J connectivity index is 1.91. The molecule has 1 aliphatic heterocycles. The van der Waals surface area contributed by atoms with Crippen LogP contribution in [0.15, 0.2) is 72.0 Å². The molecular formula is C25H26FNO4. The van der Waals surface area contributed by atoms with Crippen molar-refractivity contribution in [1.29, 1.82) is 0 Å². The minimum atomic E-state index is -0.999. The summed E-state index contributed by atoms with van der Waals surface area (Å²) >= 11 is 0. The molecule has 2 aromatic rings. The van der Waals surface area contributed by atoms with Gasteiger partial charge in [-0.15, -0.1) is 0 Å². The Bertz CT molecular complexity index is 998. The van der Waals surface area contributed by atoms with Crippen LogP contribution in [0, 0.1) is 5.82 Å². The van der Waals surface area contributed by atoms with Crippen LogP contribution in [-0.4, -0.2) is 41.0 Å². The number of carbonyl (C=O) groups excluding carboxylic acids is 2. The van der Waals surface area contributed by atoms with Gasteiger partial charge in [0.15, 0.2) is 11.5 Å². The molecule has 6 heteroatoms. The van der Waals surface area contributed by atoms with Gasteiger partial charge in [0.25, 0.3) is 5.91 Å². The summed E-state index contributed by atoms with van der Waals surface area (Å²) < 4.78 is 20.2. The van der Waals surface area contributed by atoms with Crippen LogP contribution in [0.2, 0.25) is 0 Å². The molecule has 1 aliphatic rings. The second kappa shape index (κ2) is 10.2. The molecule has 0 saturated carbocycles. The Morgan fingerprint density at radius 3 is 2.52 bits per heavy atom. The first-order chi connectivity index (χ1) is 14.9. The van der Waals surface area contributed by atoms with Gasteiger partial charge < -0.3 is 14.7 Å². The number of aliphatic hydroxyl groups excluding tert-OH is 1. The van der Waals surface area contributed by atoms with Gasteiger partial charge in [0.2, 0.25) is 0 Å². The molecule has 1 amide bonds. The zero-order chi connectivity index (χ0) is 22.4. The lowest BCUT2D eigenvalue weighted by Gasteiger charge is -2.27. The van der Waals surface area contributed by atoms with E-state index < -0.39 is 29.3 Å². The van der Waals surface area contributed by atoms with E-state index in [0.717, 1.165) is 5.56 Å². The summed E-state index contributed by atoms with van der Waals surface area (Å²) in [7, 11) is 0. The highest BCUT2D eigenvalue weighted by atomic mass is 19.1. The van der Waals surface area contributed by atoms with Gasteiger partial charge in [-0.3, -0.25) is 9.59 Å². The maximum Gasteiger partial charge on any atom is 0.290 e. The van der Waals surface area contributed by atoms with Crippen molar-refractivity contribution in [2.24, 2.45) is 0 Å². The van der Waals surface area contributed by atoms with E-state index in [1.165, 1.54) is 29.2 Å². The van der Waals surface area contributed by atoms with Crippen molar-refractivity contribution in [1.82, 2.24) is 4.90 Å². The maximum absolute atomic E-state index is 14.7. The van der Waals surface area contributed by atoms with Crippen molar-refractivity contribution in [2.75, 3.05) is 13.2 Å². The van der Waals surface area contributed by atoms with Gasteiger partial charge in [-0.05, 0) is 38.0 Å². The van der Waals surface area contributed by atoms with E-state index >= 15 is 0 Å². The first-order valence-corrected chi connectivity index (χ1v) is 10.3. The average molecular weight is 423 g/mol. The topological polar surface area (TPSA) is 66.8 Å². The normalized spacial score (nSPS) is 16.7. The predicted octanol–water partition coefficient (Wildman–Crippen LogP) is 4.62. The number of hydrogen-bond donors (Lipinski definition) is 1. The second-order valence-electron chi connectivity index (χ2n) is 7.57. The Labute approximate surface area is 181 Å². The van der Waals surface area contributed by atoms with Crippen molar-refractivity contribution in [3.05, 3.63) is 88.9 Å². The molecule has 0 spiro atoms. The van der Waals surface area contributed by atoms with Crippen LogP contribution >= 0.6 is 0 Å². The highest BCUT2D eigenvalue weighted by Gasteiger charge is 2.43. The number of ether oxygens (including phenoxy) is 1. The fourth-order valence-electron chi connectivity index (χ4n) is 3.54. The van der Waals surface area contributed by atoms with Gasteiger partial charge in [-0.25, -0.2) is 4.39 Å². The minimum absolute atomic E-state index is 0.0448. The van der Waals surface area contributed by atoms with Crippen LogP contribution in [0.4, 0.5) is 4.39 Å². The fraction of sp³-hybridized carbons (Fsp3) is 0.280. The van der Waals surface area contributed by atoms with Gasteiger partial charge >= 0.3 is 0 Å². The van der Waals surface area contributed by atoms with Gasteiger partial charge in [-0.2, -0.15) is 0 Å². The summed E-state index contributed by atoms with van der Waals surface area (Å²) in [6.45, 7) is 4.44. The standard InChI is InChI=1S/C25H26FNO4/c1-17(2)31-16-8-15-27-23(19-11-6-7-12-20(19)26)22(24(29)25(27)30)21(28)14-13-18-9-4-3-5-10-18/h3-7,9-14,17,23,29H,8,15-16H2,1-2H3/b14-13+/t23-/m0/s1. The number of allylic oxidation sites excluding steroid dienone is 1. The summed E-state index contributed by atoms with van der Waals surface area (Å²) in [5.74, 6) is -2.41. The Morgan fingerprint density at radius 2 is 1.84 bits per heavy atom. The zero-order valence-corrected chi connectivity index (χ0v) is 17.6. The van der Waals surface area contributed by atoms with E-state index in [2.05, 4.69) is 0 Å². The summed E-state index contributed by atoms with van der Waals surface area (Å²) in [4.78, 5) is 27.1. The highest BCUT2D eigenvalue weighted by molar-refractivity contribution is 6.14. The largest absolute Gasteiger partial charge is 0.503 e. The van der Waals surface area contributed by atoms with E-state index in [1.54, 1.807) is 12.1 Å². The molecule has 3 rings (SSSR count). The molecule has 5 nitrogen and oxygen atoms in total. The van der Waals surface area contributed by atoms with Crippen LogP contribution in [0.1, 0.15) is 37.4 Å². The lowest BCUT2D eigenvalue weighted by Crippen LogP contribution is -2.33. The molecule has 0 saturated heterocycles. The lowest BCUT2D eigenvalue weighted by atomic mass is 9.95. The van der Waals surface area contributed by atoms with Gasteiger partial charge in [0, 0.05) is 18.7 Å². The molecule has 162 valence electrons. The number of halogens is 1. The minimum Gasteiger partial charge on any atom is -0.503 e. The van der Waals surface area contributed by atoms with Crippen molar-refractivity contribution >= 4 is 17.8 Å². The molecular weight excluding hydrogens is 397 g/mol. The van der Waals surface area contributed by atoms with Crippen molar-refractivity contribution < 1.29 is 23.8 Å². The van der Waals surface area contributed by atoms with Crippen LogP contribution in [0.3, 0.4) is 0 Å². The quantitative estimate of drug-likeness (QED) is 0.472. The zero-order valence-electron chi connectivity index (χ0n) is 17.6. The smallest absolute Gasteiger partial charge is 0.290 e. The van der Waals surface area contributed by atoms with Gasteiger partial charge in [0.1, 0.15) is 5.82 Å². The molecule has 1 atom stereocenters. The van der Waals surface area contributed by atoms with E-state index in [1.807, 2.05) is 44.2 Å². The Morgan fingerprint density at radius 1 is 1.16 bits per heavy atom. The van der Waals surface area contributed by atoms with Crippen LogP contribution in [0.25, 0.3) is 6.08 Å². The Kier molecular flexibility index (Phi) is 7.36. The number of carbonyl (C=O) groups is 2. The van der Waals surface area contributed by atoms with E-state index in [9.17, 15) is 19.1 Å². The second-order valence-corrected chi connectivity index (χ2v) is 7.57. The predicted molar refractivity (Wildman–Crippen MR) is 117 cm³/mol. The van der Waals surface area contributed by atoms with Crippen molar-refractivity contribution in [3.63, 3.8) is 0 Å². The molecule has 0 bridgehead atoms. The number of hydrogen-bond acceptors (Lipinski definition) is 4. The van der Waals surface area contributed by atoms with Crippen LogP contribution in [-0.2, 0) is 14.3 Å². The average Bonchev–Trinajstić information content (AvgIpc) is 3.01. The lowest BCUT2D eigenvalue weighted by molar-refractivity contribution is -0.129. The fourth-order valence-corrected chi connectivity index (χ4v) is 3.54. The van der Waals surface area contributed by atoms with E-state index in [0.29, 0.717) is 13.0 Å². The maximum atomic E-state index is 14.7. The molecule has 0 unspecified atom stereocenters. The number of rotatable bonds is 9. The molecule has 31 heavy (non-hydrogen) atoms. The molecule has 0 aliphatic carbocycles. The molecule has 0 aromatic heterocycles. The van der Waals surface area contributed by atoms with Crippen LogP contribution in [0.5, 0.6) is 0 Å². The number of aliphatic hydroxyl groups is 1. The van der Waals surface area contributed by atoms with E-state index in [4.69, 9.17) is 4.74 Å². The highest BCUT2D eigenvalue weighted by Crippen LogP contribution is 2.39.